The van der Waals surface area contributed by atoms with E-state index in [4.69, 9.17) is 8.83 Å². The van der Waals surface area contributed by atoms with Crippen molar-refractivity contribution in [2.24, 2.45) is 0 Å². The summed E-state index contributed by atoms with van der Waals surface area (Å²) in [4.78, 5) is 4.42. The summed E-state index contributed by atoms with van der Waals surface area (Å²) in [6.07, 6.45) is 3.34. The molecule has 0 bridgehead atoms. The molecular weight excluding hydrogens is 380 g/mol. The number of furan rings is 1. The van der Waals surface area contributed by atoms with Gasteiger partial charge in [-0.25, -0.2) is 8.42 Å². The Bertz CT molecular complexity index is 1090. The maximum Gasteiger partial charge on any atom is 0.243 e. The average molecular weight is 398 g/mol. The topological polar surface area (TPSA) is 112 Å². The van der Waals surface area contributed by atoms with Gasteiger partial charge in [0, 0.05) is 18.7 Å². The van der Waals surface area contributed by atoms with E-state index in [1.807, 2.05) is 6.07 Å². The van der Waals surface area contributed by atoms with Crippen molar-refractivity contribution >= 4 is 15.9 Å². The summed E-state index contributed by atoms with van der Waals surface area (Å²) in [5.41, 5.74) is 0.707. The van der Waals surface area contributed by atoms with Crippen molar-refractivity contribution in [3.8, 4) is 17.5 Å². The maximum absolute atomic E-state index is 12.6. The van der Waals surface area contributed by atoms with E-state index in [0.29, 0.717) is 31.0 Å². The van der Waals surface area contributed by atoms with Crippen molar-refractivity contribution in [2.45, 2.75) is 24.3 Å². The second-order valence-corrected chi connectivity index (χ2v) is 8.31. The van der Waals surface area contributed by atoms with Crippen molar-refractivity contribution in [3.05, 3.63) is 54.1 Å². The predicted octanol–water partition coefficient (Wildman–Crippen LogP) is 3.20. The van der Waals surface area contributed by atoms with Gasteiger partial charge in [-0.3, -0.25) is 0 Å². The first kappa shape index (κ1) is 18.3. The van der Waals surface area contributed by atoms with Gasteiger partial charge in [-0.1, -0.05) is 0 Å². The molecule has 0 amide bonds. The first-order chi connectivity index (χ1) is 13.6. The molecule has 0 aliphatic carbocycles. The van der Waals surface area contributed by atoms with Crippen LogP contribution in [-0.4, -0.2) is 30.8 Å². The number of hydrogen-bond acceptors (Lipinski definition) is 7. The standard InChI is InChI=1S/C19H18N4O4S/c20-12-17-19(21-13-15-4-3-11-26-15)27-18(22-17)14-5-7-16(8-6-14)28(24,25)23-9-1-2-10-23/h3-8,11,21H,1-2,9-10,13H2. The first-order valence-electron chi connectivity index (χ1n) is 8.86. The molecule has 1 aromatic carbocycles. The van der Waals surface area contributed by atoms with Crippen LogP contribution in [0.25, 0.3) is 11.5 Å². The number of oxazole rings is 1. The van der Waals surface area contributed by atoms with Gasteiger partial charge in [0.1, 0.15) is 11.8 Å². The van der Waals surface area contributed by atoms with Gasteiger partial charge in [-0.15, -0.1) is 0 Å². The van der Waals surface area contributed by atoms with Crippen LogP contribution in [0, 0.1) is 11.3 Å². The lowest BCUT2D eigenvalue weighted by atomic mass is 10.2. The molecule has 1 aliphatic rings. The number of nitriles is 1. The summed E-state index contributed by atoms with van der Waals surface area (Å²) < 4.78 is 37.6. The van der Waals surface area contributed by atoms with Crippen LogP contribution in [-0.2, 0) is 16.6 Å². The van der Waals surface area contributed by atoms with Gasteiger partial charge < -0.3 is 14.2 Å². The van der Waals surface area contributed by atoms with E-state index >= 15 is 0 Å². The lowest BCUT2D eigenvalue weighted by Crippen LogP contribution is -2.27. The highest BCUT2D eigenvalue weighted by atomic mass is 32.2. The van der Waals surface area contributed by atoms with Crippen molar-refractivity contribution in [1.29, 1.82) is 5.26 Å². The Morgan fingerprint density at radius 3 is 2.57 bits per heavy atom. The summed E-state index contributed by atoms with van der Waals surface area (Å²) >= 11 is 0. The zero-order valence-electron chi connectivity index (χ0n) is 15.0. The van der Waals surface area contributed by atoms with Gasteiger partial charge in [0.25, 0.3) is 0 Å². The van der Waals surface area contributed by atoms with Crippen LogP contribution in [0.4, 0.5) is 5.88 Å². The third kappa shape index (κ3) is 3.52. The van der Waals surface area contributed by atoms with Crippen LogP contribution in [0.5, 0.6) is 0 Å². The molecule has 3 aromatic rings. The van der Waals surface area contributed by atoms with E-state index in [2.05, 4.69) is 10.3 Å². The molecule has 0 spiro atoms. The number of nitrogens with one attached hydrogen (secondary N) is 1. The molecule has 1 N–H and O–H groups in total. The fourth-order valence-electron chi connectivity index (χ4n) is 3.07. The van der Waals surface area contributed by atoms with E-state index < -0.39 is 10.0 Å². The Labute approximate surface area is 162 Å². The second-order valence-electron chi connectivity index (χ2n) is 6.38. The second kappa shape index (κ2) is 7.50. The average Bonchev–Trinajstić information content (AvgIpc) is 3.48. The van der Waals surface area contributed by atoms with Crippen LogP contribution >= 0.6 is 0 Å². The van der Waals surface area contributed by atoms with Gasteiger partial charge in [-0.05, 0) is 49.2 Å². The highest BCUT2D eigenvalue weighted by Gasteiger charge is 2.27. The third-order valence-corrected chi connectivity index (χ3v) is 6.45. The number of anilines is 1. The highest BCUT2D eigenvalue weighted by molar-refractivity contribution is 7.89. The largest absolute Gasteiger partial charge is 0.467 e. The molecule has 9 heteroatoms. The number of benzene rings is 1. The van der Waals surface area contributed by atoms with Gasteiger partial charge in [0.05, 0.1) is 17.7 Å². The van der Waals surface area contributed by atoms with E-state index in [9.17, 15) is 13.7 Å². The summed E-state index contributed by atoms with van der Waals surface area (Å²) in [5, 5.41) is 12.3. The summed E-state index contributed by atoms with van der Waals surface area (Å²) in [5.74, 6) is 1.17. The van der Waals surface area contributed by atoms with Crippen LogP contribution in [0.15, 0.2) is 56.4 Å². The van der Waals surface area contributed by atoms with Crippen LogP contribution in [0.3, 0.4) is 0 Å². The Morgan fingerprint density at radius 1 is 1.18 bits per heavy atom. The molecule has 28 heavy (non-hydrogen) atoms. The van der Waals surface area contributed by atoms with Gasteiger partial charge >= 0.3 is 0 Å². The minimum atomic E-state index is -3.47. The molecule has 0 unspecified atom stereocenters. The van der Waals surface area contributed by atoms with Gasteiger partial charge in [-0.2, -0.15) is 14.6 Å². The van der Waals surface area contributed by atoms with E-state index in [-0.39, 0.29) is 22.4 Å². The predicted molar refractivity (Wildman–Crippen MR) is 101 cm³/mol. The van der Waals surface area contributed by atoms with Gasteiger partial charge in [0.2, 0.25) is 27.5 Å². The molecule has 0 atom stereocenters. The lowest BCUT2D eigenvalue weighted by molar-refractivity contribution is 0.477. The molecule has 1 aliphatic heterocycles. The number of hydrogen-bond donors (Lipinski definition) is 1. The molecule has 2 aromatic heterocycles. The SMILES string of the molecule is N#Cc1nc(-c2ccc(S(=O)(=O)N3CCCC3)cc2)oc1NCc1ccco1. The molecule has 1 fully saturated rings. The summed E-state index contributed by atoms with van der Waals surface area (Å²) in [7, 11) is -3.47. The zero-order chi connectivity index (χ0) is 19.6. The summed E-state index contributed by atoms with van der Waals surface area (Å²) in [6.45, 7) is 1.46. The van der Waals surface area contributed by atoms with Crippen LogP contribution < -0.4 is 5.32 Å². The smallest absolute Gasteiger partial charge is 0.243 e. The highest BCUT2D eigenvalue weighted by Crippen LogP contribution is 2.28. The van der Waals surface area contributed by atoms with Crippen LogP contribution in [0.2, 0.25) is 0 Å². The van der Waals surface area contributed by atoms with Crippen LogP contribution in [0.1, 0.15) is 24.3 Å². The quantitative estimate of drug-likeness (QED) is 0.678. The molecular formula is C19H18N4O4S. The molecule has 144 valence electrons. The number of nitrogens with zero attached hydrogens (tertiary/aromatic N) is 3. The minimum absolute atomic E-state index is 0.121. The number of sulfonamides is 1. The monoisotopic (exact) mass is 398 g/mol. The Morgan fingerprint density at radius 2 is 1.93 bits per heavy atom. The van der Waals surface area contributed by atoms with E-state index in [1.165, 1.54) is 16.4 Å². The molecule has 1 saturated heterocycles. The van der Waals surface area contributed by atoms with Crippen molar-refractivity contribution in [3.63, 3.8) is 0 Å². The zero-order valence-corrected chi connectivity index (χ0v) is 15.8. The molecule has 0 radical (unpaired) electrons. The first-order valence-corrected chi connectivity index (χ1v) is 10.3. The third-order valence-electron chi connectivity index (χ3n) is 4.54. The van der Waals surface area contributed by atoms with E-state index in [1.54, 1.807) is 30.5 Å². The Balaban J connectivity index is 1.55. The minimum Gasteiger partial charge on any atom is -0.467 e. The molecule has 8 nitrogen and oxygen atoms in total. The number of rotatable bonds is 6. The summed E-state index contributed by atoms with van der Waals surface area (Å²) in [6, 6.07) is 11.9. The maximum atomic E-state index is 12.6. The van der Waals surface area contributed by atoms with Crippen molar-refractivity contribution < 1.29 is 17.3 Å². The van der Waals surface area contributed by atoms with Gasteiger partial charge in [0.15, 0.2) is 0 Å². The normalized spacial score (nSPS) is 14.8. The lowest BCUT2D eigenvalue weighted by Gasteiger charge is -2.15. The van der Waals surface area contributed by atoms with E-state index in [0.717, 1.165) is 12.8 Å². The Hall–Kier alpha value is -3.09. The van der Waals surface area contributed by atoms with Crippen molar-refractivity contribution in [1.82, 2.24) is 9.29 Å². The Kier molecular flexibility index (Phi) is 4.90. The fraction of sp³-hybridized carbons (Fsp3) is 0.263. The molecule has 4 rings (SSSR count). The number of aromatic nitrogens is 1. The molecule has 3 heterocycles. The molecule has 0 saturated carbocycles. The van der Waals surface area contributed by atoms with Crippen molar-refractivity contribution in [2.75, 3.05) is 18.4 Å². The fourth-order valence-corrected chi connectivity index (χ4v) is 4.58.